The third kappa shape index (κ3) is 5.18. The summed E-state index contributed by atoms with van der Waals surface area (Å²) in [5.74, 6) is -0.508. The van der Waals surface area contributed by atoms with E-state index in [1.54, 1.807) is 0 Å². The molecule has 7 nitrogen and oxygen atoms in total. The van der Waals surface area contributed by atoms with E-state index in [1.165, 1.54) is 23.7 Å². The largest absolute Gasteiger partial charge is 0.329 e. The van der Waals surface area contributed by atoms with Gasteiger partial charge in [-0.1, -0.05) is 54.1 Å². The van der Waals surface area contributed by atoms with E-state index >= 15 is 0 Å². The van der Waals surface area contributed by atoms with Crippen molar-refractivity contribution >= 4 is 39.7 Å². The lowest BCUT2D eigenvalue weighted by Crippen LogP contribution is -2.25. The first-order chi connectivity index (χ1) is 14.7. The van der Waals surface area contributed by atoms with Gasteiger partial charge in [0.15, 0.2) is 5.13 Å². The van der Waals surface area contributed by atoms with Crippen molar-refractivity contribution in [2.24, 2.45) is 0 Å². The third-order valence-corrected chi connectivity index (χ3v) is 5.01. The fraction of sp³-hybridized carbons (Fsp3) is 0.0476. The number of hydroxylamine groups is 1. The summed E-state index contributed by atoms with van der Waals surface area (Å²) in [6, 6.07) is 17.0. The highest BCUT2D eigenvalue weighted by molar-refractivity contribution is 7.14. The summed E-state index contributed by atoms with van der Waals surface area (Å²) in [5, 5.41) is 6.44. The molecule has 1 amide bonds. The molecule has 0 radical (unpaired) electrons. The minimum Gasteiger partial charge on any atom is -0.329 e. The van der Waals surface area contributed by atoms with Gasteiger partial charge in [-0.3, -0.25) is 9.63 Å². The molecule has 2 aromatic heterocycles. The third-order valence-electron chi connectivity index (χ3n) is 4.00. The Balaban J connectivity index is 1.32. The molecule has 4 rings (SSSR count). The van der Waals surface area contributed by atoms with Gasteiger partial charge in [-0.05, 0) is 17.7 Å². The highest BCUT2D eigenvalue weighted by Gasteiger charge is 2.10. The molecule has 2 aromatic carbocycles. The molecule has 0 aliphatic carbocycles. The molecule has 0 fully saturated rings. The summed E-state index contributed by atoms with van der Waals surface area (Å²) >= 11 is 7.38. The summed E-state index contributed by atoms with van der Waals surface area (Å²) in [5.41, 5.74) is 5.72. The second-order valence-electron chi connectivity index (χ2n) is 6.17. The van der Waals surface area contributed by atoms with Crippen molar-refractivity contribution in [3.63, 3.8) is 0 Å². The minimum atomic E-state index is -0.517. The molecule has 0 aliphatic heterocycles. The number of carbonyl (C=O) groups excluding carboxylic acids is 1. The van der Waals surface area contributed by atoms with Crippen LogP contribution in [0, 0.1) is 0 Å². The Morgan fingerprint density at radius 2 is 1.77 bits per heavy atom. The number of rotatable bonds is 7. The zero-order valence-electron chi connectivity index (χ0n) is 15.6. The Morgan fingerprint density at radius 1 is 1.03 bits per heavy atom. The van der Waals surface area contributed by atoms with Gasteiger partial charge in [-0.2, -0.15) is 0 Å². The quantitative estimate of drug-likeness (QED) is 0.401. The Morgan fingerprint density at radius 3 is 2.50 bits per heavy atom. The van der Waals surface area contributed by atoms with E-state index < -0.39 is 5.91 Å². The second-order valence-corrected chi connectivity index (χ2v) is 7.47. The van der Waals surface area contributed by atoms with Crippen LogP contribution in [0.1, 0.15) is 16.2 Å². The fourth-order valence-electron chi connectivity index (χ4n) is 2.52. The smallest absolute Gasteiger partial charge is 0.312 e. The Labute approximate surface area is 181 Å². The molecule has 0 spiro atoms. The van der Waals surface area contributed by atoms with Gasteiger partial charge < -0.3 is 5.32 Å². The lowest BCUT2D eigenvalue weighted by Gasteiger charge is -2.06. The standard InChI is InChI=1S/C21H16ClN5O2S/c22-16-8-6-15(7-9-16)18-13-30-21(26-18)25-17-10-23-19(24-11-17)20(28)27-29-12-14-4-2-1-3-5-14/h1-11,13H,12H2,(H,25,26)(H,27,28). The van der Waals surface area contributed by atoms with Gasteiger partial charge in [-0.15, -0.1) is 11.3 Å². The number of benzene rings is 2. The molecule has 0 atom stereocenters. The van der Waals surface area contributed by atoms with E-state index in [4.69, 9.17) is 16.4 Å². The molecule has 0 saturated heterocycles. The SMILES string of the molecule is O=C(NOCc1ccccc1)c1ncc(Nc2nc(-c3ccc(Cl)cc3)cs2)cn1. The van der Waals surface area contributed by atoms with Crippen LogP contribution >= 0.6 is 22.9 Å². The number of carbonyl (C=O) groups is 1. The van der Waals surface area contributed by atoms with Gasteiger partial charge in [0.2, 0.25) is 5.82 Å². The van der Waals surface area contributed by atoms with E-state index in [-0.39, 0.29) is 12.4 Å². The molecule has 2 heterocycles. The summed E-state index contributed by atoms with van der Waals surface area (Å²) in [6.45, 7) is 0.256. The number of hydrogen-bond donors (Lipinski definition) is 2. The van der Waals surface area contributed by atoms with Crippen LogP contribution in [0.25, 0.3) is 11.3 Å². The van der Waals surface area contributed by atoms with Crippen molar-refractivity contribution in [1.29, 1.82) is 0 Å². The topological polar surface area (TPSA) is 89.0 Å². The van der Waals surface area contributed by atoms with Crippen molar-refractivity contribution < 1.29 is 9.63 Å². The maximum Gasteiger partial charge on any atom is 0.312 e. The number of aromatic nitrogens is 3. The van der Waals surface area contributed by atoms with Crippen molar-refractivity contribution in [3.05, 3.63) is 88.8 Å². The van der Waals surface area contributed by atoms with Crippen LogP contribution in [0.3, 0.4) is 0 Å². The lowest BCUT2D eigenvalue weighted by molar-refractivity contribution is 0.0225. The van der Waals surface area contributed by atoms with E-state index in [0.29, 0.717) is 15.8 Å². The number of nitrogens with zero attached hydrogens (tertiary/aromatic N) is 3. The lowest BCUT2D eigenvalue weighted by atomic mass is 10.2. The van der Waals surface area contributed by atoms with Gasteiger partial charge in [0.1, 0.15) is 0 Å². The summed E-state index contributed by atoms with van der Waals surface area (Å²) < 4.78 is 0. The molecule has 0 bridgehead atoms. The zero-order valence-corrected chi connectivity index (χ0v) is 17.2. The number of thiazole rings is 1. The van der Waals surface area contributed by atoms with Crippen LogP contribution in [0.15, 0.2) is 72.4 Å². The monoisotopic (exact) mass is 437 g/mol. The first kappa shape index (κ1) is 20.0. The Bertz CT molecular complexity index is 1120. The average Bonchev–Trinajstić information content (AvgIpc) is 3.24. The van der Waals surface area contributed by atoms with Crippen LogP contribution in [0.5, 0.6) is 0 Å². The first-order valence-corrected chi connectivity index (χ1v) is 10.2. The number of nitrogens with one attached hydrogen (secondary N) is 2. The average molecular weight is 438 g/mol. The van der Waals surface area contributed by atoms with Crippen molar-refractivity contribution in [1.82, 2.24) is 20.4 Å². The minimum absolute atomic E-state index is 0.00889. The molecule has 4 aromatic rings. The molecular weight excluding hydrogens is 422 g/mol. The van der Waals surface area contributed by atoms with Gasteiger partial charge in [0.25, 0.3) is 0 Å². The second kappa shape index (κ2) is 9.45. The molecule has 9 heteroatoms. The van der Waals surface area contributed by atoms with Crippen molar-refractivity contribution in [2.75, 3.05) is 5.32 Å². The maximum absolute atomic E-state index is 12.1. The highest BCUT2D eigenvalue weighted by Crippen LogP contribution is 2.27. The van der Waals surface area contributed by atoms with E-state index in [9.17, 15) is 4.79 Å². The van der Waals surface area contributed by atoms with E-state index in [2.05, 4.69) is 25.7 Å². The predicted molar refractivity (Wildman–Crippen MR) is 117 cm³/mol. The van der Waals surface area contributed by atoms with Crippen LogP contribution in [-0.2, 0) is 11.4 Å². The normalized spacial score (nSPS) is 10.6. The Kier molecular flexibility index (Phi) is 6.29. The number of halogens is 1. The zero-order chi connectivity index (χ0) is 20.8. The van der Waals surface area contributed by atoms with E-state index in [0.717, 1.165) is 16.8 Å². The van der Waals surface area contributed by atoms with Crippen molar-refractivity contribution in [3.8, 4) is 11.3 Å². The van der Waals surface area contributed by atoms with Gasteiger partial charge in [0, 0.05) is 16.0 Å². The van der Waals surface area contributed by atoms with Crippen LogP contribution in [0.2, 0.25) is 5.02 Å². The summed E-state index contributed by atoms with van der Waals surface area (Å²) in [6.07, 6.45) is 3.03. The fourth-order valence-corrected chi connectivity index (χ4v) is 3.39. The molecule has 0 aliphatic rings. The van der Waals surface area contributed by atoms with E-state index in [1.807, 2.05) is 60.0 Å². The van der Waals surface area contributed by atoms with Crippen LogP contribution < -0.4 is 10.8 Å². The molecule has 0 unspecified atom stereocenters. The van der Waals surface area contributed by atoms with Gasteiger partial charge in [0.05, 0.1) is 30.4 Å². The number of amides is 1. The summed E-state index contributed by atoms with van der Waals surface area (Å²) in [7, 11) is 0. The van der Waals surface area contributed by atoms with Crippen molar-refractivity contribution in [2.45, 2.75) is 6.61 Å². The van der Waals surface area contributed by atoms with Gasteiger partial charge in [-0.25, -0.2) is 20.4 Å². The molecule has 30 heavy (non-hydrogen) atoms. The molecule has 0 saturated carbocycles. The predicted octanol–water partition coefficient (Wildman–Crippen LogP) is 4.86. The number of hydrogen-bond acceptors (Lipinski definition) is 7. The van der Waals surface area contributed by atoms with Gasteiger partial charge >= 0.3 is 5.91 Å². The highest BCUT2D eigenvalue weighted by atomic mass is 35.5. The summed E-state index contributed by atoms with van der Waals surface area (Å²) in [4.78, 5) is 30.0. The Hall–Kier alpha value is -3.33. The molecular formula is C21H16ClN5O2S. The van der Waals surface area contributed by atoms with Crippen LogP contribution in [0.4, 0.5) is 10.8 Å². The first-order valence-electron chi connectivity index (χ1n) is 8.94. The molecule has 150 valence electrons. The van der Waals surface area contributed by atoms with Crippen LogP contribution in [-0.4, -0.2) is 20.9 Å². The number of anilines is 2. The maximum atomic E-state index is 12.1. The molecule has 2 N–H and O–H groups in total.